The van der Waals surface area contributed by atoms with E-state index in [0.717, 1.165) is 12.0 Å². The van der Waals surface area contributed by atoms with Crippen molar-refractivity contribution in [3.63, 3.8) is 0 Å². The van der Waals surface area contributed by atoms with Gasteiger partial charge >= 0.3 is 0 Å². The van der Waals surface area contributed by atoms with Crippen LogP contribution in [-0.2, 0) is 17.1 Å². The van der Waals surface area contributed by atoms with Crippen LogP contribution in [0.15, 0.2) is 24.3 Å². The number of hydrogen-bond acceptors (Lipinski definition) is 2. The van der Waals surface area contributed by atoms with Crippen molar-refractivity contribution >= 4 is 8.38 Å². The van der Waals surface area contributed by atoms with Crippen molar-refractivity contribution in [3.8, 4) is 0 Å². The van der Waals surface area contributed by atoms with Crippen LogP contribution in [0.3, 0.4) is 0 Å². The molecule has 0 aliphatic carbocycles. The quantitative estimate of drug-likeness (QED) is 0.796. The summed E-state index contributed by atoms with van der Waals surface area (Å²) in [5, 5.41) is 0. The van der Waals surface area contributed by atoms with E-state index in [1.807, 2.05) is 26.0 Å². The zero-order valence-electron chi connectivity index (χ0n) is 10.0. The maximum Gasteiger partial charge on any atom is 0.172 e. The predicted octanol–water partition coefficient (Wildman–Crippen LogP) is 3.73. The van der Waals surface area contributed by atoms with Crippen molar-refractivity contribution < 1.29 is 9.42 Å². The Morgan fingerprint density at radius 2 is 1.60 bits per heavy atom. The summed E-state index contributed by atoms with van der Waals surface area (Å²) < 4.78 is 4.83. The molecule has 0 radical (unpaired) electrons. The standard InChI is InChI=1S/C10H15O2P.C2H6/c1-3-9-4-6-10(7-5-9)8-13(11)12-2;1-2/h4-7,11H,3,8H2,1-2H3;1-2H3. The molecule has 1 aromatic carbocycles. The Hall–Kier alpha value is -0.430. The molecule has 1 rings (SSSR count). The lowest BCUT2D eigenvalue weighted by atomic mass is 10.1. The van der Waals surface area contributed by atoms with Crippen molar-refractivity contribution in [2.75, 3.05) is 7.11 Å². The molecular formula is C12H21O2P. The molecule has 0 amide bonds. The van der Waals surface area contributed by atoms with E-state index in [-0.39, 0.29) is 0 Å². The zero-order valence-corrected chi connectivity index (χ0v) is 10.9. The first-order valence-electron chi connectivity index (χ1n) is 5.34. The molecule has 0 heterocycles. The van der Waals surface area contributed by atoms with Gasteiger partial charge in [0, 0.05) is 13.3 Å². The molecule has 15 heavy (non-hydrogen) atoms. The molecule has 3 heteroatoms. The van der Waals surface area contributed by atoms with Crippen molar-refractivity contribution in [2.45, 2.75) is 33.4 Å². The topological polar surface area (TPSA) is 29.5 Å². The molecule has 1 atom stereocenters. The highest BCUT2D eigenvalue weighted by molar-refractivity contribution is 7.45. The average Bonchev–Trinajstić information content (AvgIpc) is 2.32. The van der Waals surface area contributed by atoms with Crippen LogP contribution in [0, 0.1) is 0 Å². The van der Waals surface area contributed by atoms with Crippen LogP contribution < -0.4 is 0 Å². The van der Waals surface area contributed by atoms with Gasteiger partial charge in [-0.15, -0.1) is 0 Å². The maximum atomic E-state index is 9.28. The molecule has 1 N–H and O–H groups in total. The fraction of sp³-hybridized carbons (Fsp3) is 0.500. The first kappa shape index (κ1) is 14.6. The molecule has 0 saturated carbocycles. The van der Waals surface area contributed by atoms with Crippen molar-refractivity contribution in [2.24, 2.45) is 0 Å². The lowest BCUT2D eigenvalue weighted by Gasteiger charge is -2.07. The minimum atomic E-state index is -1.27. The molecule has 2 nitrogen and oxygen atoms in total. The minimum Gasteiger partial charge on any atom is -0.350 e. The van der Waals surface area contributed by atoms with E-state index in [9.17, 15) is 4.89 Å². The first-order chi connectivity index (χ1) is 7.26. The molecule has 0 saturated heterocycles. The summed E-state index contributed by atoms with van der Waals surface area (Å²) >= 11 is 0. The highest BCUT2D eigenvalue weighted by Crippen LogP contribution is 2.34. The van der Waals surface area contributed by atoms with E-state index in [1.54, 1.807) is 0 Å². The van der Waals surface area contributed by atoms with Crippen molar-refractivity contribution in [1.29, 1.82) is 0 Å². The van der Waals surface area contributed by atoms with Crippen LogP contribution in [0.1, 0.15) is 31.9 Å². The van der Waals surface area contributed by atoms with Gasteiger partial charge in [0.15, 0.2) is 8.38 Å². The van der Waals surface area contributed by atoms with Gasteiger partial charge in [0.1, 0.15) is 0 Å². The summed E-state index contributed by atoms with van der Waals surface area (Å²) in [6.45, 7) is 6.13. The number of hydrogen-bond donors (Lipinski definition) is 1. The van der Waals surface area contributed by atoms with Gasteiger partial charge in [-0.05, 0) is 17.5 Å². The molecule has 1 aromatic rings. The Morgan fingerprint density at radius 1 is 1.13 bits per heavy atom. The Kier molecular flexibility index (Phi) is 8.59. The predicted molar refractivity (Wildman–Crippen MR) is 67.0 cm³/mol. The Morgan fingerprint density at radius 3 is 2.00 bits per heavy atom. The SMILES string of the molecule is CC.CCc1ccc(CP(O)OC)cc1. The van der Waals surface area contributed by atoms with Crippen molar-refractivity contribution in [1.82, 2.24) is 0 Å². The van der Waals surface area contributed by atoms with Crippen molar-refractivity contribution in [3.05, 3.63) is 35.4 Å². The third-order valence-electron chi connectivity index (χ3n) is 1.96. The molecule has 0 aliphatic heterocycles. The molecule has 1 unspecified atom stereocenters. The van der Waals surface area contributed by atoms with Gasteiger partial charge in [0.25, 0.3) is 0 Å². The second-order valence-corrected chi connectivity index (χ2v) is 4.25. The second-order valence-electron chi connectivity index (χ2n) is 2.86. The second kappa shape index (κ2) is 8.84. The molecule has 0 aliphatic rings. The minimum absolute atomic E-state index is 0.621. The lowest BCUT2D eigenvalue weighted by molar-refractivity contribution is 0.389. The highest BCUT2D eigenvalue weighted by Gasteiger charge is 2.03. The Bertz CT molecular complexity index is 246. The summed E-state index contributed by atoms with van der Waals surface area (Å²) in [4.78, 5) is 9.28. The molecular weight excluding hydrogens is 207 g/mol. The summed E-state index contributed by atoms with van der Waals surface area (Å²) in [5.41, 5.74) is 2.45. The summed E-state index contributed by atoms with van der Waals surface area (Å²) in [6.07, 6.45) is 1.67. The molecule has 0 bridgehead atoms. The van der Waals surface area contributed by atoms with Gasteiger partial charge in [0.2, 0.25) is 0 Å². The fourth-order valence-electron chi connectivity index (χ4n) is 1.10. The fourth-order valence-corrected chi connectivity index (χ4v) is 1.75. The van der Waals surface area contributed by atoms with E-state index < -0.39 is 8.38 Å². The molecule has 86 valence electrons. The average molecular weight is 228 g/mol. The normalized spacial score (nSPS) is 11.5. The summed E-state index contributed by atoms with van der Waals surface area (Å²) in [5.74, 6) is 0. The van der Waals surface area contributed by atoms with Gasteiger partial charge in [-0.1, -0.05) is 45.0 Å². The van der Waals surface area contributed by atoms with Gasteiger partial charge in [-0.3, -0.25) is 0 Å². The van der Waals surface area contributed by atoms with E-state index in [0.29, 0.717) is 6.16 Å². The van der Waals surface area contributed by atoms with Crippen LogP contribution in [0.5, 0.6) is 0 Å². The van der Waals surface area contributed by atoms with Gasteiger partial charge in [-0.2, -0.15) is 0 Å². The number of benzene rings is 1. The molecule has 0 fully saturated rings. The van der Waals surface area contributed by atoms with Gasteiger partial charge in [-0.25, -0.2) is 0 Å². The Labute approximate surface area is 94.2 Å². The smallest absolute Gasteiger partial charge is 0.172 e. The molecule has 0 aromatic heterocycles. The lowest BCUT2D eigenvalue weighted by Crippen LogP contribution is -1.86. The van der Waals surface area contributed by atoms with Gasteiger partial charge in [0.05, 0.1) is 0 Å². The highest BCUT2D eigenvalue weighted by atomic mass is 31.2. The maximum absolute atomic E-state index is 9.28. The number of rotatable bonds is 4. The number of aryl methyl sites for hydroxylation is 1. The van der Waals surface area contributed by atoms with E-state index >= 15 is 0 Å². The van der Waals surface area contributed by atoms with Crippen LogP contribution in [0.2, 0.25) is 0 Å². The van der Waals surface area contributed by atoms with Crippen LogP contribution in [-0.4, -0.2) is 12.0 Å². The monoisotopic (exact) mass is 228 g/mol. The largest absolute Gasteiger partial charge is 0.350 e. The van der Waals surface area contributed by atoms with E-state index in [2.05, 4.69) is 19.1 Å². The summed E-state index contributed by atoms with van der Waals surface area (Å²) in [6, 6.07) is 8.27. The van der Waals surface area contributed by atoms with Crippen LogP contribution in [0.25, 0.3) is 0 Å². The van der Waals surface area contributed by atoms with Crippen LogP contribution >= 0.6 is 8.38 Å². The molecule has 0 spiro atoms. The third-order valence-corrected chi connectivity index (χ3v) is 3.02. The van der Waals surface area contributed by atoms with E-state index in [1.165, 1.54) is 12.7 Å². The zero-order chi connectivity index (χ0) is 11.7. The Balaban J connectivity index is 0.000000921. The van der Waals surface area contributed by atoms with E-state index in [4.69, 9.17) is 4.52 Å². The third kappa shape index (κ3) is 5.88. The van der Waals surface area contributed by atoms with Gasteiger partial charge < -0.3 is 9.42 Å². The first-order valence-corrected chi connectivity index (χ1v) is 6.74. The van der Waals surface area contributed by atoms with Crippen LogP contribution in [0.4, 0.5) is 0 Å². The summed E-state index contributed by atoms with van der Waals surface area (Å²) in [7, 11) is 0.265.